The van der Waals surface area contributed by atoms with Gasteiger partial charge in [0.25, 0.3) is 0 Å². The van der Waals surface area contributed by atoms with Crippen molar-refractivity contribution in [3.8, 4) is 11.8 Å². The van der Waals surface area contributed by atoms with E-state index in [0.29, 0.717) is 23.7 Å². The van der Waals surface area contributed by atoms with Crippen LogP contribution in [-0.2, 0) is 11.3 Å². The average Bonchev–Trinajstić information content (AvgIpc) is 2.48. The van der Waals surface area contributed by atoms with Gasteiger partial charge in [-0.2, -0.15) is 0 Å². The van der Waals surface area contributed by atoms with Gasteiger partial charge in [0.15, 0.2) is 0 Å². The molecule has 1 aromatic carbocycles. The van der Waals surface area contributed by atoms with Gasteiger partial charge in [0.1, 0.15) is 12.4 Å². The zero-order valence-corrected chi connectivity index (χ0v) is 11.7. The molecule has 0 atom stereocenters. The van der Waals surface area contributed by atoms with Crippen LogP contribution in [0.4, 0.5) is 4.39 Å². The number of aliphatic hydroxyl groups is 1. The zero-order valence-electron chi connectivity index (χ0n) is 11.7. The van der Waals surface area contributed by atoms with E-state index in [-0.39, 0.29) is 12.4 Å². The van der Waals surface area contributed by atoms with Gasteiger partial charge in [-0.1, -0.05) is 37.2 Å². The molecule has 2 rings (SSSR count). The standard InChI is InChI=1S/C17H21FO2/c18-17-11-14(7-4-10-19)8-9-16(17)13-20-12-15-5-2-1-3-6-15/h8-9,11,15,19H,1-3,5-6,10,12-13H2. The SMILES string of the molecule is OCC#Cc1ccc(COCC2CCCCC2)c(F)c1. The third-order valence-corrected chi connectivity index (χ3v) is 3.70. The van der Waals surface area contributed by atoms with Crippen molar-refractivity contribution in [3.63, 3.8) is 0 Å². The molecule has 108 valence electrons. The molecule has 0 heterocycles. The lowest BCUT2D eigenvalue weighted by atomic mass is 9.90. The van der Waals surface area contributed by atoms with E-state index in [2.05, 4.69) is 11.8 Å². The van der Waals surface area contributed by atoms with Crippen molar-refractivity contribution in [2.24, 2.45) is 5.92 Å². The highest BCUT2D eigenvalue weighted by Gasteiger charge is 2.13. The lowest BCUT2D eigenvalue weighted by Crippen LogP contribution is -2.13. The van der Waals surface area contributed by atoms with Crippen LogP contribution in [0.5, 0.6) is 0 Å². The molecule has 1 fully saturated rings. The van der Waals surface area contributed by atoms with Crippen LogP contribution in [0.15, 0.2) is 18.2 Å². The van der Waals surface area contributed by atoms with Crippen LogP contribution in [0.25, 0.3) is 0 Å². The molecule has 0 amide bonds. The Bertz CT molecular complexity index is 481. The molecule has 0 unspecified atom stereocenters. The Balaban J connectivity index is 1.83. The molecule has 2 nitrogen and oxygen atoms in total. The number of aliphatic hydroxyl groups excluding tert-OH is 1. The van der Waals surface area contributed by atoms with Crippen LogP contribution in [0, 0.1) is 23.6 Å². The van der Waals surface area contributed by atoms with Crippen LogP contribution in [0.2, 0.25) is 0 Å². The first-order valence-electron chi connectivity index (χ1n) is 7.25. The van der Waals surface area contributed by atoms with Crippen LogP contribution >= 0.6 is 0 Å². The van der Waals surface area contributed by atoms with E-state index >= 15 is 0 Å². The molecule has 3 heteroatoms. The second-order valence-electron chi connectivity index (χ2n) is 5.29. The number of ether oxygens (including phenoxy) is 1. The van der Waals surface area contributed by atoms with E-state index in [0.717, 1.165) is 6.61 Å². The number of hydrogen-bond acceptors (Lipinski definition) is 2. The summed E-state index contributed by atoms with van der Waals surface area (Å²) in [6, 6.07) is 4.85. The van der Waals surface area contributed by atoms with Gasteiger partial charge in [-0.05, 0) is 30.9 Å². The van der Waals surface area contributed by atoms with Gasteiger partial charge in [-0.25, -0.2) is 4.39 Å². The minimum absolute atomic E-state index is 0.214. The number of hydrogen-bond donors (Lipinski definition) is 1. The first-order valence-corrected chi connectivity index (χ1v) is 7.25. The predicted octanol–water partition coefficient (Wildman–Crippen LogP) is 3.27. The Hall–Kier alpha value is -1.37. The number of halogens is 1. The van der Waals surface area contributed by atoms with E-state index in [4.69, 9.17) is 9.84 Å². The Labute approximate surface area is 120 Å². The molecule has 1 saturated carbocycles. The average molecular weight is 276 g/mol. The molecule has 0 radical (unpaired) electrons. The zero-order chi connectivity index (χ0) is 14.2. The quantitative estimate of drug-likeness (QED) is 0.855. The molecule has 1 aromatic rings. The van der Waals surface area contributed by atoms with E-state index in [9.17, 15) is 4.39 Å². The van der Waals surface area contributed by atoms with Crippen molar-refractivity contribution < 1.29 is 14.2 Å². The van der Waals surface area contributed by atoms with Crippen molar-refractivity contribution in [3.05, 3.63) is 35.1 Å². The highest BCUT2D eigenvalue weighted by atomic mass is 19.1. The maximum Gasteiger partial charge on any atom is 0.129 e. The Morgan fingerprint density at radius 3 is 2.75 bits per heavy atom. The summed E-state index contributed by atoms with van der Waals surface area (Å²) in [5.41, 5.74) is 1.14. The number of rotatable bonds is 4. The lowest BCUT2D eigenvalue weighted by Gasteiger charge is -2.21. The maximum absolute atomic E-state index is 13.8. The van der Waals surface area contributed by atoms with Gasteiger partial charge >= 0.3 is 0 Å². The van der Waals surface area contributed by atoms with Gasteiger partial charge in [-0.3, -0.25) is 0 Å². The van der Waals surface area contributed by atoms with E-state index in [1.807, 2.05) is 0 Å². The summed E-state index contributed by atoms with van der Waals surface area (Å²) < 4.78 is 19.5. The molecule has 20 heavy (non-hydrogen) atoms. The predicted molar refractivity (Wildman–Crippen MR) is 76.6 cm³/mol. The second kappa shape index (κ2) is 8.04. The lowest BCUT2D eigenvalue weighted by molar-refractivity contribution is 0.0723. The van der Waals surface area contributed by atoms with E-state index < -0.39 is 0 Å². The topological polar surface area (TPSA) is 29.5 Å². The Morgan fingerprint density at radius 1 is 1.25 bits per heavy atom. The van der Waals surface area contributed by atoms with Crippen LogP contribution in [0.3, 0.4) is 0 Å². The van der Waals surface area contributed by atoms with Gasteiger partial charge < -0.3 is 9.84 Å². The van der Waals surface area contributed by atoms with Crippen molar-refractivity contribution >= 4 is 0 Å². The monoisotopic (exact) mass is 276 g/mol. The minimum atomic E-state index is -0.293. The highest BCUT2D eigenvalue weighted by molar-refractivity contribution is 5.36. The molecule has 0 bridgehead atoms. The first kappa shape index (κ1) is 15.0. The molecule has 1 aliphatic carbocycles. The van der Waals surface area contributed by atoms with E-state index in [1.54, 1.807) is 12.1 Å². The van der Waals surface area contributed by atoms with Gasteiger partial charge in [-0.15, -0.1) is 0 Å². The summed E-state index contributed by atoms with van der Waals surface area (Å²) in [7, 11) is 0. The van der Waals surface area contributed by atoms with Crippen molar-refractivity contribution in [2.75, 3.05) is 13.2 Å². The second-order valence-corrected chi connectivity index (χ2v) is 5.29. The Morgan fingerprint density at radius 2 is 2.05 bits per heavy atom. The molecule has 0 saturated heterocycles. The van der Waals surface area contributed by atoms with Crippen LogP contribution < -0.4 is 0 Å². The third-order valence-electron chi connectivity index (χ3n) is 3.70. The van der Waals surface area contributed by atoms with Crippen LogP contribution in [0.1, 0.15) is 43.2 Å². The fourth-order valence-electron chi connectivity index (χ4n) is 2.57. The summed E-state index contributed by atoms with van der Waals surface area (Å²) in [6.07, 6.45) is 6.39. The van der Waals surface area contributed by atoms with Gasteiger partial charge in [0.05, 0.1) is 6.61 Å². The molecule has 1 aliphatic rings. The van der Waals surface area contributed by atoms with Crippen molar-refractivity contribution in [2.45, 2.75) is 38.7 Å². The fourth-order valence-corrected chi connectivity index (χ4v) is 2.57. The maximum atomic E-state index is 13.8. The summed E-state index contributed by atoms with van der Waals surface area (Å²) in [4.78, 5) is 0. The summed E-state index contributed by atoms with van der Waals surface area (Å²) in [5, 5.41) is 8.60. The first-order chi connectivity index (χ1) is 9.79. The smallest absolute Gasteiger partial charge is 0.129 e. The molecule has 1 N–H and O–H groups in total. The molecule has 0 spiro atoms. The molecule has 0 aliphatic heterocycles. The van der Waals surface area contributed by atoms with E-state index in [1.165, 1.54) is 38.2 Å². The largest absolute Gasteiger partial charge is 0.384 e. The van der Waals surface area contributed by atoms with Crippen molar-refractivity contribution in [1.82, 2.24) is 0 Å². The van der Waals surface area contributed by atoms with Gasteiger partial charge in [0.2, 0.25) is 0 Å². The molecule has 0 aromatic heterocycles. The Kier molecular flexibility index (Phi) is 6.04. The molecular weight excluding hydrogens is 255 g/mol. The molecular formula is C17H21FO2. The normalized spacial score (nSPS) is 15.7. The highest BCUT2D eigenvalue weighted by Crippen LogP contribution is 2.24. The third kappa shape index (κ3) is 4.63. The van der Waals surface area contributed by atoms with Gasteiger partial charge in [0, 0.05) is 17.7 Å². The summed E-state index contributed by atoms with van der Waals surface area (Å²) in [5.74, 6) is 5.54. The van der Waals surface area contributed by atoms with Crippen LogP contribution in [-0.4, -0.2) is 18.3 Å². The number of benzene rings is 1. The summed E-state index contributed by atoms with van der Waals surface area (Å²) in [6.45, 7) is 0.829. The minimum Gasteiger partial charge on any atom is -0.384 e. The summed E-state index contributed by atoms with van der Waals surface area (Å²) >= 11 is 0. The van der Waals surface area contributed by atoms with Crippen molar-refractivity contribution in [1.29, 1.82) is 0 Å². The fraction of sp³-hybridized carbons (Fsp3) is 0.529.